The van der Waals surface area contributed by atoms with Crippen LogP contribution in [0.2, 0.25) is 0 Å². The Hall–Kier alpha value is -1.99. The molecule has 0 fully saturated rings. The zero-order chi connectivity index (χ0) is 19.9. The molecule has 0 saturated heterocycles. The lowest BCUT2D eigenvalue weighted by molar-refractivity contribution is -0.119. The molecule has 2 aromatic carbocycles. The summed E-state index contributed by atoms with van der Waals surface area (Å²) in [6.07, 6.45) is 1.11. The van der Waals surface area contributed by atoms with Gasteiger partial charge in [-0.25, -0.2) is 8.42 Å². The van der Waals surface area contributed by atoms with Crippen molar-refractivity contribution < 1.29 is 13.2 Å². The van der Waals surface area contributed by atoms with Crippen molar-refractivity contribution in [2.24, 2.45) is 0 Å². The Balaban J connectivity index is 1.82. The second kappa shape index (κ2) is 9.80. The Labute approximate surface area is 166 Å². The summed E-state index contributed by atoms with van der Waals surface area (Å²) in [5.74, 6) is 1.35. The lowest BCUT2D eigenvalue weighted by atomic mass is 10.1. The fraction of sp³-hybridized carbons (Fsp3) is 0.350. The van der Waals surface area contributed by atoms with E-state index in [1.807, 2.05) is 31.2 Å². The zero-order valence-corrected chi connectivity index (χ0v) is 17.6. The highest BCUT2D eigenvalue weighted by molar-refractivity contribution is 7.98. The van der Waals surface area contributed by atoms with E-state index in [1.54, 1.807) is 23.9 Å². The van der Waals surface area contributed by atoms with Gasteiger partial charge < -0.3 is 5.32 Å². The Morgan fingerprint density at radius 2 is 1.74 bits per heavy atom. The normalized spacial score (nSPS) is 11.2. The molecule has 0 aromatic heterocycles. The van der Waals surface area contributed by atoms with Crippen molar-refractivity contribution in [2.75, 3.05) is 29.4 Å². The molecule has 0 saturated carbocycles. The minimum Gasteiger partial charge on any atom is -0.354 e. The smallest absolute Gasteiger partial charge is 0.240 e. The van der Waals surface area contributed by atoms with Gasteiger partial charge >= 0.3 is 0 Å². The number of nitrogens with one attached hydrogen (secondary N) is 1. The second-order valence-electron chi connectivity index (χ2n) is 6.43. The first-order valence-electron chi connectivity index (χ1n) is 8.70. The highest BCUT2D eigenvalue weighted by Gasteiger charge is 2.20. The fourth-order valence-corrected chi connectivity index (χ4v) is 4.31. The molecular weight excluding hydrogens is 380 g/mol. The van der Waals surface area contributed by atoms with E-state index >= 15 is 0 Å². The van der Waals surface area contributed by atoms with Gasteiger partial charge in [-0.2, -0.15) is 11.8 Å². The number of sulfonamides is 1. The number of rotatable bonds is 9. The van der Waals surface area contributed by atoms with Gasteiger partial charge in [0.05, 0.1) is 11.9 Å². The van der Waals surface area contributed by atoms with E-state index < -0.39 is 10.0 Å². The Morgan fingerprint density at radius 3 is 2.37 bits per heavy atom. The van der Waals surface area contributed by atoms with E-state index in [0.29, 0.717) is 12.2 Å². The molecule has 27 heavy (non-hydrogen) atoms. The number of hydrogen-bond acceptors (Lipinski definition) is 4. The average Bonchev–Trinajstić information content (AvgIpc) is 2.61. The van der Waals surface area contributed by atoms with Gasteiger partial charge in [0.2, 0.25) is 15.9 Å². The molecule has 0 unspecified atom stereocenters. The van der Waals surface area contributed by atoms with Crippen LogP contribution in [0.4, 0.5) is 5.69 Å². The highest BCUT2D eigenvalue weighted by atomic mass is 32.2. The Bertz CT molecular complexity index is 865. The molecule has 0 aliphatic heterocycles. The third kappa shape index (κ3) is 6.92. The minimum absolute atomic E-state index is 0.218. The number of amides is 1. The van der Waals surface area contributed by atoms with Gasteiger partial charge in [0.25, 0.3) is 0 Å². The summed E-state index contributed by atoms with van der Waals surface area (Å²) in [4.78, 5) is 12.2. The van der Waals surface area contributed by atoms with Gasteiger partial charge in [0, 0.05) is 18.1 Å². The maximum atomic E-state index is 12.2. The lowest BCUT2D eigenvalue weighted by Crippen LogP contribution is -2.41. The van der Waals surface area contributed by atoms with E-state index in [1.165, 1.54) is 11.1 Å². The monoisotopic (exact) mass is 406 g/mol. The van der Waals surface area contributed by atoms with Gasteiger partial charge in [-0.05, 0) is 37.1 Å². The molecule has 0 radical (unpaired) electrons. The van der Waals surface area contributed by atoms with E-state index in [2.05, 4.69) is 24.4 Å². The fourth-order valence-electron chi connectivity index (χ4n) is 2.51. The first-order chi connectivity index (χ1) is 12.8. The maximum absolute atomic E-state index is 12.2. The van der Waals surface area contributed by atoms with Gasteiger partial charge in [0.15, 0.2) is 0 Å². The summed E-state index contributed by atoms with van der Waals surface area (Å²) in [7, 11) is -3.53. The molecule has 5 nitrogen and oxygen atoms in total. The standard InChI is InChI=1S/C20H26N2O3S2/c1-16-8-10-19(11-9-16)22(27(3,24)25)14-20(23)21-12-13-26-15-18-7-5-4-6-17(18)2/h4-11H,12-15H2,1-3H3,(H,21,23). The van der Waals surface area contributed by atoms with Gasteiger partial charge in [0.1, 0.15) is 6.54 Å². The number of aryl methyl sites for hydroxylation is 2. The Kier molecular flexibility index (Phi) is 7.74. The molecule has 0 aliphatic carbocycles. The highest BCUT2D eigenvalue weighted by Crippen LogP contribution is 2.18. The molecule has 0 aliphatic rings. The zero-order valence-electron chi connectivity index (χ0n) is 15.9. The van der Waals surface area contributed by atoms with Crippen molar-refractivity contribution in [3.8, 4) is 0 Å². The number of benzene rings is 2. The second-order valence-corrected chi connectivity index (χ2v) is 9.45. The van der Waals surface area contributed by atoms with Crippen molar-refractivity contribution >= 4 is 33.4 Å². The largest absolute Gasteiger partial charge is 0.354 e. The molecule has 0 bridgehead atoms. The van der Waals surface area contributed by atoms with Crippen LogP contribution in [0.25, 0.3) is 0 Å². The molecule has 7 heteroatoms. The van der Waals surface area contributed by atoms with Crippen molar-refractivity contribution in [1.82, 2.24) is 5.32 Å². The van der Waals surface area contributed by atoms with E-state index in [-0.39, 0.29) is 12.5 Å². The van der Waals surface area contributed by atoms with Crippen LogP contribution in [0.1, 0.15) is 16.7 Å². The van der Waals surface area contributed by atoms with Crippen LogP contribution in [0.5, 0.6) is 0 Å². The first-order valence-corrected chi connectivity index (χ1v) is 11.7. The molecule has 146 valence electrons. The molecule has 0 heterocycles. The van der Waals surface area contributed by atoms with Crippen LogP contribution in [0.15, 0.2) is 48.5 Å². The third-order valence-electron chi connectivity index (χ3n) is 4.10. The van der Waals surface area contributed by atoms with Crippen LogP contribution in [-0.4, -0.2) is 39.4 Å². The summed E-state index contributed by atoms with van der Waals surface area (Å²) in [6, 6.07) is 15.3. The quantitative estimate of drug-likeness (QED) is 0.650. The van der Waals surface area contributed by atoms with Crippen molar-refractivity contribution in [3.05, 3.63) is 65.2 Å². The number of thioether (sulfide) groups is 1. The first kappa shape index (κ1) is 21.3. The SMILES string of the molecule is Cc1ccc(N(CC(=O)NCCSCc2ccccc2C)S(C)(=O)=O)cc1. The van der Waals surface area contributed by atoms with Crippen LogP contribution < -0.4 is 9.62 Å². The van der Waals surface area contributed by atoms with E-state index in [4.69, 9.17) is 0 Å². The van der Waals surface area contributed by atoms with Crippen LogP contribution in [0.3, 0.4) is 0 Å². The van der Waals surface area contributed by atoms with Crippen molar-refractivity contribution in [1.29, 1.82) is 0 Å². The predicted molar refractivity (Wildman–Crippen MR) is 114 cm³/mol. The number of carbonyl (C=O) groups is 1. The third-order valence-corrected chi connectivity index (χ3v) is 6.25. The number of nitrogens with zero attached hydrogens (tertiary/aromatic N) is 1. The summed E-state index contributed by atoms with van der Waals surface area (Å²) >= 11 is 1.74. The number of anilines is 1. The summed E-state index contributed by atoms with van der Waals surface area (Å²) in [6.45, 7) is 4.30. The average molecular weight is 407 g/mol. The van der Waals surface area contributed by atoms with Crippen LogP contribution >= 0.6 is 11.8 Å². The molecule has 1 N–H and O–H groups in total. The van der Waals surface area contributed by atoms with E-state index in [9.17, 15) is 13.2 Å². The summed E-state index contributed by atoms with van der Waals surface area (Å²) < 4.78 is 25.2. The van der Waals surface area contributed by atoms with E-state index in [0.717, 1.165) is 27.6 Å². The maximum Gasteiger partial charge on any atom is 0.240 e. The molecular formula is C20H26N2O3S2. The molecule has 0 atom stereocenters. The Morgan fingerprint density at radius 1 is 1.07 bits per heavy atom. The lowest BCUT2D eigenvalue weighted by Gasteiger charge is -2.22. The molecule has 0 spiro atoms. The summed E-state index contributed by atoms with van der Waals surface area (Å²) in [5, 5.41) is 2.80. The van der Waals surface area contributed by atoms with Gasteiger partial charge in [-0.3, -0.25) is 9.10 Å². The molecule has 2 rings (SSSR count). The number of carbonyl (C=O) groups excluding carboxylic acids is 1. The number of hydrogen-bond donors (Lipinski definition) is 1. The van der Waals surface area contributed by atoms with Crippen LogP contribution in [-0.2, 0) is 20.6 Å². The minimum atomic E-state index is -3.53. The van der Waals surface area contributed by atoms with Gasteiger partial charge in [-0.15, -0.1) is 0 Å². The predicted octanol–water partition coefficient (Wildman–Crippen LogP) is 3.12. The summed E-state index contributed by atoms with van der Waals surface area (Å²) in [5.41, 5.74) is 4.07. The van der Waals surface area contributed by atoms with Gasteiger partial charge in [-0.1, -0.05) is 42.0 Å². The molecule has 2 aromatic rings. The topological polar surface area (TPSA) is 66.5 Å². The van der Waals surface area contributed by atoms with Crippen molar-refractivity contribution in [3.63, 3.8) is 0 Å². The molecule has 1 amide bonds. The van der Waals surface area contributed by atoms with Crippen LogP contribution in [0, 0.1) is 13.8 Å². The van der Waals surface area contributed by atoms with Crippen molar-refractivity contribution in [2.45, 2.75) is 19.6 Å².